The van der Waals surface area contributed by atoms with E-state index < -0.39 is 0 Å². The molecule has 3 rings (SSSR count). The minimum absolute atomic E-state index is 0.106. The largest absolute Gasteiger partial charge is 0.469 e. The molecule has 7 nitrogen and oxygen atoms in total. The predicted molar refractivity (Wildman–Crippen MR) is 77.4 cm³/mol. The molecule has 0 bridgehead atoms. The van der Waals surface area contributed by atoms with E-state index in [9.17, 15) is 4.79 Å². The van der Waals surface area contributed by atoms with Gasteiger partial charge in [0, 0.05) is 25.5 Å². The molecule has 2 aromatic rings. The maximum Gasteiger partial charge on any atom is 0.310 e. The average molecular weight is 340 g/mol. The number of carbonyl (C=O) groups excluding carboxylic acids is 1. The standard InChI is InChI=1S/C12H14BrN5O2/c1-20-11(19)7-2-4-17(6-7)12-16-9(13)8-10(14)15-3-5-18(8)12/h3,5,7H,2,4,6H2,1H3,(H2,14,15). The van der Waals surface area contributed by atoms with Gasteiger partial charge in [-0.05, 0) is 22.4 Å². The molecular formula is C12H14BrN5O2. The van der Waals surface area contributed by atoms with Gasteiger partial charge in [-0.25, -0.2) is 9.97 Å². The van der Waals surface area contributed by atoms with Gasteiger partial charge in [-0.2, -0.15) is 0 Å². The van der Waals surface area contributed by atoms with Crippen LogP contribution in [0, 0.1) is 5.92 Å². The minimum atomic E-state index is -0.173. The molecule has 20 heavy (non-hydrogen) atoms. The number of ether oxygens (including phenoxy) is 1. The molecule has 3 heterocycles. The Kier molecular flexibility index (Phi) is 3.25. The number of hydrogen-bond donors (Lipinski definition) is 1. The van der Waals surface area contributed by atoms with Crippen molar-refractivity contribution in [2.75, 3.05) is 30.8 Å². The van der Waals surface area contributed by atoms with Gasteiger partial charge >= 0.3 is 5.97 Å². The first-order chi connectivity index (χ1) is 9.61. The number of anilines is 2. The third-order valence-electron chi connectivity index (χ3n) is 3.53. The van der Waals surface area contributed by atoms with Crippen molar-refractivity contribution in [2.24, 2.45) is 5.92 Å². The fourth-order valence-electron chi connectivity index (χ4n) is 2.53. The average Bonchev–Trinajstić information content (AvgIpc) is 3.04. The number of imidazole rings is 1. The Hall–Kier alpha value is -1.83. The second-order valence-corrected chi connectivity index (χ2v) is 5.44. The van der Waals surface area contributed by atoms with Crippen molar-refractivity contribution >= 4 is 39.2 Å². The van der Waals surface area contributed by atoms with E-state index in [1.807, 2.05) is 10.6 Å². The molecule has 1 aliphatic rings. The van der Waals surface area contributed by atoms with Crippen molar-refractivity contribution in [3.63, 3.8) is 0 Å². The zero-order valence-electron chi connectivity index (χ0n) is 10.9. The fourth-order valence-corrected chi connectivity index (χ4v) is 3.08. The van der Waals surface area contributed by atoms with Crippen molar-refractivity contribution < 1.29 is 9.53 Å². The van der Waals surface area contributed by atoms with Gasteiger partial charge < -0.3 is 15.4 Å². The number of fused-ring (bicyclic) bond motifs is 1. The zero-order chi connectivity index (χ0) is 14.3. The first-order valence-electron chi connectivity index (χ1n) is 6.22. The molecule has 0 aliphatic carbocycles. The van der Waals surface area contributed by atoms with Crippen molar-refractivity contribution in [3.05, 3.63) is 17.0 Å². The summed E-state index contributed by atoms with van der Waals surface area (Å²) in [5, 5.41) is 0. The molecule has 1 aliphatic heterocycles. The van der Waals surface area contributed by atoms with Gasteiger partial charge in [-0.1, -0.05) is 0 Å². The molecule has 0 spiro atoms. The quantitative estimate of drug-likeness (QED) is 0.824. The molecule has 1 fully saturated rings. The molecule has 0 saturated carbocycles. The van der Waals surface area contributed by atoms with Crippen LogP contribution in [0.5, 0.6) is 0 Å². The first-order valence-corrected chi connectivity index (χ1v) is 7.02. The Balaban J connectivity index is 1.96. The van der Waals surface area contributed by atoms with E-state index >= 15 is 0 Å². The second kappa shape index (κ2) is 4.93. The highest BCUT2D eigenvalue weighted by Gasteiger charge is 2.31. The molecule has 2 aromatic heterocycles. The van der Waals surface area contributed by atoms with Gasteiger partial charge in [-0.3, -0.25) is 9.20 Å². The normalized spacial score (nSPS) is 18.7. The van der Waals surface area contributed by atoms with Crippen molar-refractivity contribution in [3.8, 4) is 0 Å². The number of aromatic nitrogens is 3. The maximum absolute atomic E-state index is 11.6. The summed E-state index contributed by atoms with van der Waals surface area (Å²) in [6, 6.07) is 0. The summed E-state index contributed by atoms with van der Waals surface area (Å²) >= 11 is 3.40. The van der Waals surface area contributed by atoms with E-state index in [2.05, 4.69) is 30.8 Å². The Morgan fingerprint density at radius 3 is 3.15 bits per heavy atom. The molecule has 1 unspecified atom stereocenters. The summed E-state index contributed by atoms with van der Waals surface area (Å²) in [5.41, 5.74) is 6.61. The number of nitrogens with two attached hydrogens (primary N) is 1. The lowest BCUT2D eigenvalue weighted by atomic mass is 10.1. The van der Waals surface area contributed by atoms with Crippen LogP contribution in [-0.4, -0.2) is 40.5 Å². The molecule has 0 aromatic carbocycles. The minimum Gasteiger partial charge on any atom is -0.469 e. The summed E-state index contributed by atoms with van der Waals surface area (Å²) in [6.45, 7) is 1.36. The van der Waals surface area contributed by atoms with Crippen LogP contribution in [0.4, 0.5) is 11.8 Å². The lowest BCUT2D eigenvalue weighted by Gasteiger charge is -2.16. The van der Waals surface area contributed by atoms with Gasteiger partial charge in [0.2, 0.25) is 5.95 Å². The number of nitrogen functional groups attached to an aromatic ring is 1. The molecule has 8 heteroatoms. The lowest BCUT2D eigenvalue weighted by molar-refractivity contribution is -0.144. The molecular weight excluding hydrogens is 326 g/mol. The molecule has 0 radical (unpaired) electrons. The maximum atomic E-state index is 11.6. The second-order valence-electron chi connectivity index (χ2n) is 4.69. The summed E-state index contributed by atoms with van der Waals surface area (Å²) < 4.78 is 7.33. The van der Waals surface area contributed by atoms with Crippen molar-refractivity contribution in [2.45, 2.75) is 6.42 Å². The van der Waals surface area contributed by atoms with E-state index in [4.69, 9.17) is 10.5 Å². The molecule has 1 atom stereocenters. The van der Waals surface area contributed by atoms with Gasteiger partial charge in [0.05, 0.1) is 13.0 Å². The van der Waals surface area contributed by atoms with Crippen LogP contribution in [0.3, 0.4) is 0 Å². The van der Waals surface area contributed by atoms with E-state index in [1.165, 1.54) is 7.11 Å². The van der Waals surface area contributed by atoms with Crippen molar-refractivity contribution in [1.82, 2.24) is 14.4 Å². The van der Waals surface area contributed by atoms with Crippen LogP contribution in [0.15, 0.2) is 17.0 Å². The number of carbonyl (C=O) groups is 1. The van der Waals surface area contributed by atoms with Crippen LogP contribution in [0.25, 0.3) is 5.52 Å². The highest BCUT2D eigenvalue weighted by molar-refractivity contribution is 9.10. The molecule has 106 valence electrons. The fraction of sp³-hybridized carbons (Fsp3) is 0.417. The van der Waals surface area contributed by atoms with Crippen molar-refractivity contribution in [1.29, 1.82) is 0 Å². The number of halogens is 1. The summed E-state index contributed by atoms with van der Waals surface area (Å²) in [4.78, 5) is 22.2. The van der Waals surface area contributed by atoms with Gasteiger partial charge in [0.15, 0.2) is 5.82 Å². The summed E-state index contributed by atoms with van der Waals surface area (Å²) in [6.07, 6.45) is 4.21. The predicted octanol–water partition coefficient (Wildman–Crippen LogP) is 1.07. The highest BCUT2D eigenvalue weighted by Crippen LogP contribution is 2.30. The SMILES string of the molecule is COC(=O)C1CCN(c2nc(Br)c3c(N)nccn23)C1. The Labute approximate surface area is 123 Å². The molecule has 1 saturated heterocycles. The lowest BCUT2D eigenvalue weighted by Crippen LogP contribution is -2.25. The van der Waals surface area contributed by atoms with Crippen LogP contribution < -0.4 is 10.6 Å². The monoisotopic (exact) mass is 339 g/mol. The number of rotatable bonds is 2. The molecule has 2 N–H and O–H groups in total. The van der Waals surface area contributed by atoms with Gasteiger partial charge in [0.1, 0.15) is 10.1 Å². The topological polar surface area (TPSA) is 85.8 Å². The smallest absolute Gasteiger partial charge is 0.310 e. The Bertz CT molecular complexity index is 671. The number of nitrogens with zero attached hydrogens (tertiary/aromatic N) is 4. The van der Waals surface area contributed by atoms with Crippen LogP contribution in [0.2, 0.25) is 0 Å². The summed E-state index contributed by atoms with van der Waals surface area (Å²) in [5.74, 6) is 0.896. The van der Waals surface area contributed by atoms with Gasteiger partial charge in [0.25, 0.3) is 0 Å². The first kappa shape index (κ1) is 13.2. The van der Waals surface area contributed by atoms with E-state index in [0.717, 1.165) is 24.4 Å². The Morgan fingerprint density at radius 2 is 2.40 bits per heavy atom. The highest BCUT2D eigenvalue weighted by atomic mass is 79.9. The number of hydrogen-bond acceptors (Lipinski definition) is 6. The molecule has 0 amide bonds. The number of methoxy groups -OCH3 is 1. The Morgan fingerprint density at radius 1 is 1.60 bits per heavy atom. The third kappa shape index (κ3) is 2.00. The number of esters is 1. The van der Waals surface area contributed by atoms with Crippen LogP contribution >= 0.6 is 15.9 Å². The van der Waals surface area contributed by atoms with E-state index in [0.29, 0.717) is 17.0 Å². The summed E-state index contributed by atoms with van der Waals surface area (Å²) in [7, 11) is 1.42. The van der Waals surface area contributed by atoms with E-state index in [1.54, 1.807) is 6.20 Å². The van der Waals surface area contributed by atoms with Crippen LogP contribution in [0.1, 0.15) is 6.42 Å². The zero-order valence-corrected chi connectivity index (χ0v) is 12.5. The third-order valence-corrected chi connectivity index (χ3v) is 4.08. The van der Waals surface area contributed by atoms with Crippen LogP contribution in [-0.2, 0) is 9.53 Å². The van der Waals surface area contributed by atoms with E-state index in [-0.39, 0.29) is 11.9 Å². The van der Waals surface area contributed by atoms with Gasteiger partial charge in [-0.15, -0.1) is 0 Å².